The van der Waals surface area contributed by atoms with Gasteiger partial charge in [0.2, 0.25) is 0 Å². The highest BCUT2D eigenvalue weighted by Crippen LogP contribution is 2.26. The van der Waals surface area contributed by atoms with Gasteiger partial charge in [0.25, 0.3) is 0 Å². The van der Waals surface area contributed by atoms with Crippen molar-refractivity contribution in [2.45, 2.75) is 19.6 Å². The predicted octanol–water partition coefficient (Wildman–Crippen LogP) is 4.75. The van der Waals surface area contributed by atoms with Crippen molar-refractivity contribution in [2.24, 2.45) is 0 Å². The topological polar surface area (TPSA) is 34.4 Å². The van der Waals surface area contributed by atoms with E-state index in [9.17, 15) is 0 Å². The predicted molar refractivity (Wildman–Crippen MR) is 85.4 cm³/mol. The fourth-order valence-electron chi connectivity index (χ4n) is 2.45. The molecule has 3 aromatic rings. The molecule has 0 spiro atoms. The third kappa shape index (κ3) is 3.09. The molecular weight excluding hydrogens is 262 g/mol. The average molecular weight is 281 g/mol. The zero-order valence-corrected chi connectivity index (χ0v) is 12.3. The number of hydrogen-bond acceptors (Lipinski definition) is 3. The summed E-state index contributed by atoms with van der Waals surface area (Å²) >= 11 is 0. The van der Waals surface area contributed by atoms with Crippen LogP contribution in [0, 0.1) is 0 Å². The summed E-state index contributed by atoms with van der Waals surface area (Å²) in [6.45, 7) is 2.72. The first-order valence-corrected chi connectivity index (χ1v) is 7.09. The van der Waals surface area contributed by atoms with Gasteiger partial charge >= 0.3 is 0 Å². The highest BCUT2D eigenvalue weighted by molar-refractivity contribution is 5.77. The fourth-order valence-corrected chi connectivity index (χ4v) is 2.45. The molecule has 3 rings (SSSR count). The summed E-state index contributed by atoms with van der Waals surface area (Å²) in [6.07, 6.45) is 0. The smallest absolute Gasteiger partial charge is 0.134 e. The molecule has 1 N–H and O–H groups in total. The molecule has 0 saturated heterocycles. The van der Waals surface area contributed by atoms with Gasteiger partial charge in [-0.15, -0.1) is 0 Å². The molecule has 0 radical (unpaired) electrons. The molecule has 3 nitrogen and oxygen atoms in total. The fraction of sp³-hybridized carbons (Fsp3) is 0.222. The monoisotopic (exact) mass is 281 g/mol. The molecule has 1 unspecified atom stereocenters. The molecule has 3 heteroatoms. The average Bonchev–Trinajstić information content (AvgIpc) is 2.92. The second-order valence-corrected chi connectivity index (χ2v) is 5.19. The van der Waals surface area contributed by atoms with Crippen molar-refractivity contribution in [2.75, 3.05) is 12.4 Å². The Kier molecular flexibility index (Phi) is 3.93. The first-order chi connectivity index (χ1) is 10.3. The summed E-state index contributed by atoms with van der Waals surface area (Å²) in [4.78, 5) is 0. The van der Waals surface area contributed by atoms with Crippen molar-refractivity contribution < 1.29 is 9.15 Å². The van der Waals surface area contributed by atoms with E-state index in [4.69, 9.17) is 9.15 Å². The lowest BCUT2D eigenvalue weighted by atomic mass is 10.1. The molecule has 0 aliphatic rings. The van der Waals surface area contributed by atoms with Crippen LogP contribution in [0.15, 0.2) is 59.0 Å². The summed E-state index contributed by atoms with van der Waals surface area (Å²) in [5, 5.41) is 4.60. The molecule has 0 fully saturated rings. The molecule has 1 heterocycles. The molecule has 0 aliphatic heterocycles. The Labute approximate surface area is 124 Å². The van der Waals surface area contributed by atoms with Crippen LogP contribution >= 0.6 is 0 Å². The SMILES string of the molecule is COCc1cccc(NC(C)c2cc3ccccc3o2)c1. The number of furan rings is 1. The third-order valence-corrected chi connectivity index (χ3v) is 3.49. The van der Waals surface area contributed by atoms with E-state index in [1.807, 2.05) is 24.3 Å². The van der Waals surface area contributed by atoms with Crippen molar-refractivity contribution in [1.82, 2.24) is 0 Å². The lowest BCUT2D eigenvalue weighted by Gasteiger charge is -2.13. The summed E-state index contributed by atoms with van der Waals surface area (Å²) in [5.41, 5.74) is 3.14. The van der Waals surface area contributed by atoms with Crippen LogP contribution in [0.25, 0.3) is 11.0 Å². The Morgan fingerprint density at radius 1 is 1.10 bits per heavy atom. The number of hydrogen-bond donors (Lipinski definition) is 1. The molecule has 108 valence electrons. The van der Waals surface area contributed by atoms with Crippen LogP contribution < -0.4 is 5.32 Å². The van der Waals surface area contributed by atoms with E-state index in [1.165, 1.54) is 0 Å². The van der Waals surface area contributed by atoms with Gasteiger partial charge < -0.3 is 14.5 Å². The van der Waals surface area contributed by atoms with Gasteiger partial charge in [0.05, 0.1) is 12.6 Å². The summed E-state index contributed by atoms with van der Waals surface area (Å²) < 4.78 is 11.1. The lowest BCUT2D eigenvalue weighted by molar-refractivity contribution is 0.185. The van der Waals surface area contributed by atoms with Crippen LogP contribution in [0.2, 0.25) is 0 Å². The molecule has 1 atom stereocenters. The minimum Gasteiger partial charge on any atom is -0.459 e. The van der Waals surface area contributed by atoms with Crippen molar-refractivity contribution in [3.05, 3.63) is 65.9 Å². The van der Waals surface area contributed by atoms with E-state index in [0.29, 0.717) is 6.61 Å². The second-order valence-electron chi connectivity index (χ2n) is 5.19. The zero-order valence-electron chi connectivity index (χ0n) is 12.3. The first-order valence-electron chi connectivity index (χ1n) is 7.09. The minimum atomic E-state index is 0.107. The van der Waals surface area contributed by atoms with Gasteiger partial charge in [0, 0.05) is 18.2 Å². The number of anilines is 1. The highest BCUT2D eigenvalue weighted by atomic mass is 16.5. The molecule has 21 heavy (non-hydrogen) atoms. The number of ether oxygens (including phenoxy) is 1. The molecule has 1 aromatic heterocycles. The van der Waals surface area contributed by atoms with E-state index >= 15 is 0 Å². The normalized spacial score (nSPS) is 12.5. The van der Waals surface area contributed by atoms with Crippen LogP contribution in [0.3, 0.4) is 0 Å². The maximum Gasteiger partial charge on any atom is 0.134 e. The third-order valence-electron chi connectivity index (χ3n) is 3.49. The van der Waals surface area contributed by atoms with Crippen LogP contribution in [0.5, 0.6) is 0 Å². The van der Waals surface area contributed by atoms with Crippen molar-refractivity contribution >= 4 is 16.7 Å². The van der Waals surface area contributed by atoms with Gasteiger partial charge in [-0.25, -0.2) is 0 Å². The van der Waals surface area contributed by atoms with E-state index in [-0.39, 0.29) is 6.04 Å². The van der Waals surface area contributed by atoms with Gasteiger partial charge in [-0.05, 0) is 36.8 Å². The zero-order chi connectivity index (χ0) is 14.7. The number of methoxy groups -OCH3 is 1. The maximum absolute atomic E-state index is 5.89. The van der Waals surface area contributed by atoms with Crippen LogP contribution in [-0.4, -0.2) is 7.11 Å². The number of benzene rings is 2. The Bertz CT molecular complexity index is 700. The molecule has 0 saturated carbocycles. The van der Waals surface area contributed by atoms with E-state index in [1.54, 1.807) is 7.11 Å². The lowest BCUT2D eigenvalue weighted by Crippen LogP contribution is -2.05. The Hall–Kier alpha value is -2.26. The second kappa shape index (κ2) is 6.02. The Morgan fingerprint density at radius 2 is 1.95 bits per heavy atom. The van der Waals surface area contributed by atoms with E-state index in [0.717, 1.165) is 28.0 Å². The first kappa shape index (κ1) is 13.7. The minimum absolute atomic E-state index is 0.107. The number of fused-ring (bicyclic) bond motifs is 1. The van der Waals surface area contributed by atoms with Gasteiger partial charge in [-0.3, -0.25) is 0 Å². The Morgan fingerprint density at radius 3 is 2.76 bits per heavy atom. The maximum atomic E-state index is 5.89. The van der Waals surface area contributed by atoms with Crippen LogP contribution in [0.1, 0.15) is 24.3 Å². The molecule has 0 amide bonds. The van der Waals surface area contributed by atoms with Crippen LogP contribution in [0.4, 0.5) is 5.69 Å². The van der Waals surface area contributed by atoms with Crippen LogP contribution in [-0.2, 0) is 11.3 Å². The molecule has 2 aromatic carbocycles. The van der Waals surface area contributed by atoms with E-state index < -0.39 is 0 Å². The van der Waals surface area contributed by atoms with E-state index in [2.05, 4.69) is 42.6 Å². The van der Waals surface area contributed by atoms with Gasteiger partial charge in [-0.2, -0.15) is 0 Å². The number of nitrogens with one attached hydrogen (secondary N) is 1. The summed E-state index contributed by atoms with van der Waals surface area (Å²) in [6, 6.07) is 18.5. The molecule has 0 aliphatic carbocycles. The summed E-state index contributed by atoms with van der Waals surface area (Å²) in [7, 11) is 1.71. The largest absolute Gasteiger partial charge is 0.459 e. The highest BCUT2D eigenvalue weighted by Gasteiger charge is 2.11. The molecule has 0 bridgehead atoms. The van der Waals surface area contributed by atoms with Crippen molar-refractivity contribution in [1.29, 1.82) is 0 Å². The van der Waals surface area contributed by atoms with Crippen molar-refractivity contribution in [3.63, 3.8) is 0 Å². The van der Waals surface area contributed by atoms with Gasteiger partial charge in [-0.1, -0.05) is 30.3 Å². The quantitative estimate of drug-likeness (QED) is 0.732. The summed E-state index contributed by atoms with van der Waals surface area (Å²) in [5.74, 6) is 0.938. The van der Waals surface area contributed by atoms with Crippen molar-refractivity contribution in [3.8, 4) is 0 Å². The number of rotatable bonds is 5. The van der Waals surface area contributed by atoms with Gasteiger partial charge in [0.15, 0.2) is 0 Å². The van der Waals surface area contributed by atoms with Gasteiger partial charge in [0.1, 0.15) is 11.3 Å². The number of para-hydroxylation sites is 1. The Balaban J connectivity index is 1.79. The molecular formula is C18H19NO2. The standard InChI is InChI=1S/C18H19NO2/c1-13(18-11-15-7-3-4-9-17(15)21-18)19-16-8-5-6-14(10-16)12-20-2/h3-11,13,19H,12H2,1-2H3.